The van der Waals surface area contributed by atoms with Crippen LogP contribution in [0.25, 0.3) is 15.9 Å². The number of nitrogens with zero attached hydrogens (tertiary/aromatic N) is 4. The van der Waals surface area contributed by atoms with E-state index in [1.54, 1.807) is 18.2 Å². The smallest absolute Gasteiger partial charge is 0.229 e. The molecule has 0 amide bonds. The SMILES string of the molecule is Cc1ccc(Nc2nc3c(S(=O)(=O)c4ccccc4)nnn3c3ccsc23)cc1. The summed E-state index contributed by atoms with van der Waals surface area (Å²) in [6.45, 7) is 2.02. The van der Waals surface area contributed by atoms with Crippen LogP contribution in [0.1, 0.15) is 5.56 Å². The summed E-state index contributed by atoms with van der Waals surface area (Å²) in [6.07, 6.45) is 0. The summed E-state index contributed by atoms with van der Waals surface area (Å²) in [4.78, 5) is 4.76. The third-order valence-corrected chi connectivity index (χ3v) is 7.12. The van der Waals surface area contributed by atoms with Gasteiger partial charge in [-0.25, -0.2) is 13.4 Å². The monoisotopic (exact) mass is 421 g/mol. The highest BCUT2D eigenvalue weighted by Gasteiger charge is 2.27. The number of hydrogen-bond donors (Lipinski definition) is 1. The van der Waals surface area contributed by atoms with Crippen LogP contribution in [0, 0.1) is 6.92 Å². The average molecular weight is 422 g/mol. The molecule has 7 nitrogen and oxygen atoms in total. The van der Waals surface area contributed by atoms with E-state index in [1.165, 1.54) is 28.0 Å². The van der Waals surface area contributed by atoms with E-state index in [9.17, 15) is 8.42 Å². The lowest BCUT2D eigenvalue weighted by molar-refractivity contribution is 0.592. The maximum Gasteiger partial charge on any atom is 0.229 e. The topological polar surface area (TPSA) is 89.2 Å². The summed E-state index contributed by atoms with van der Waals surface area (Å²) in [5, 5.41) is 13.1. The third kappa shape index (κ3) is 2.95. The first-order valence-electron chi connectivity index (χ1n) is 8.80. The normalized spacial score (nSPS) is 11.9. The number of rotatable bonds is 4. The summed E-state index contributed by atoms with van der Waals surface area (Å²) >= 11 is 1.50. The number of benzene rings is 2. The molecule has 0 fully saturated rings. The Morgan fingerprint density at radius 1 is 1.00 bits per heavy atom. The van der Waals surface area contributed by atoms with Crippen LogP contribution in [0.2, 0.25) is 0 Å². The first-order chi connectivity index (χ1) is 14.0. The van der Waals surface area contributed by atoms with E-state index in [0.29, 0.717) is 5.82 Å². The van der Waals surface area contributed by atoms with Crippen molar-refractivity contribution < 1.29 is 8.42 Å². The molecule has 29 heavy (non-hydrogen) atoms. The van der Waals surface area contributed by atoms with E-state index in [1.807, 2.05) is 42.6 Å². The molecule has 144 valence electrons. The second kappa shape index (κ2) is 6.64. The zero-order chi connectivity index (χ0) is 20.0. The van der Waals surface area contributed by atoms with E-state index in [4.69, 9.17) is 0 Å². The Hall–Kier alpha value is -3.30. The zero-order valence-corrected chi connectivity index (χ0v) is 16.9. The fourth-order valence-electron chi connectivity index (χ4n) is 3.07. The van der Waals surface area contributed by atoms with Crippen molar-refractivity contribution in [2.75, 3.05) is 5.32 Å². The maximum atomic E-state index is 13.1. The van der Waals surface area contributed by atoms with Crippen LogP contribution in [0.15, 0.2) is 76.0 Å². The highest BCUT2D eigenvalue weighted by atomic mass is 32.2. The Bertz CT molecular complexity index is 1440. The molecular weight excluding hydrogens is 406 g/mol. The molecule has 9 heteroatoms. The molecule has 2 aromatic carbocycles. The van der Waals surface area contributed by atoms with Gasteiger partial charge in [0.05, 0.1) is 15.1 Å². The van der Waals surface area contributed by atoms with Crippen LogP contribution < -0.4 is 5.32 Å². The van der Waals surface area contributed by atoms with Crippen molar-refractivity contribution in [3.63, 3.8) is 0 Å². The molecule has 0 radical (unpaired) electrons. The summed E-state index contributed by atoms with van der Waals surface area (Å²) in [6, 6.07) is 18.0. The van der Waals surface area contributed by atoms with Crippen LogP contribution in [-0.2, 0) is 9.84 Å². The molecule has 0 saturated heterocycles. The van der Waals surface area contributed by atoms with Gasteiger partial charge in [-0.2, -0.15) is 4.52 Å². The molecule has 0 saturated carbocycles. The maximum absolute atomic E-state index is 13.1. The van der Waals surface area contributed by atoms with Gasteiger partial charge in [-0.1, -0.05) is 41.1 Å². The number of hydrogen-bond acceptors (Lipinski definition) is 7. The summed E-state index contributed by atoms with van der Waals surface area (Å²) in [5.74, 6) is 0.568. The predicted molar refractivity (Wildman–Crippen MR) is 113 cm³/mol. The number of nitrogens with one attached hydrogen (secondary N) is 1. The van der Waals surface area contributed by atoms with E-state index in [2.05, 4.69) is 20.6 Å². The lowest BCUT2D eigenvalue weighted by Gasteiger charge is -2.08. The molecule has 0 spiro atoms. The standard InChI is InChI=1S/C20H15N5O2S2/c1-13-7-9-14(10-8-13)21-18-17-16(11-12-28-17)25-19(22-18)20(23-24-25)29(26,27)15-5-3-2-4-6-15/h2-12H,1H3,(H,21,22). The fourth-order valence-corrected chi connectivity index (χ4v) is 5.14. The fraction of sp³-hybridized carbons (Fsp3) is 0.0500. The van der Waals surface area contributed by atoms with Gasteiger partial charge in [0.25, 0.3) is 0 Å². The van der Waals surface area contributed by atoms with Crippen LogP contribution in [0.4, 0.5) is 11.5 Å². The zero-order valence-electron chi connectivity index (χ0n) is 15.3. The van der Waals surface area contributed by atoms with Gasteiger partial charge in [0.2, 0.25) is 14.9 Å². The first kappa shape index (κ1) is 17.8. The lowest BCUT2D eigenvalue weighted by Crippen LogP contribution is -2.05. The molecule has 0 bridgehead atoms. The predicted octanol–water partition coefficient (Wildman–Crippen LogP) is 4.22. The Labute approximate surface area is 170 Å². The molecule has 3 aromatic heterocycles. The highest BCUT2D eigenvalue weighted by Crippen LogP contribution is 2.32. The van der Waals surface area contributed by atoms with Crippen molar-refractivity contribution >= 4 is 48.5 Å². The van der Waals surface area contributed by atoms with Gasteiger partial charge in [-0.3, -0.25) is 0 Å². The second-order valence-electron chi connectivity index (χ2n) is 6.53. The largest absolute Gasteiger partial charge is 0.339 e. The molecule has 0 atom stereocenters. The van der Waals surface area contributed by atoms with Crippen LogP contribution in [0.5, 0.6) is 0 Å². The molecule has 0 aliphatic rings. The number of thiophene rings is 1. The Morgan fingerprint density at radius 3 is 2.52 bits per heavy atom. The van der Waals surface area contributed by atoms with Gasteiger partial charge in [0, 0.05) is 5.69 Å². The van der Waals surface area contributed by atoms with Gasteiger partial charge in [-0.05, 0) is 42.6 Å². The minimum atomic E-state index is -3.85. The first-order valence-corrected chi connectivity index (χ1v) is 11.2. The second-order valence-corrected chi connectivity index (χ2v) is 9.31. The number of sulfone groups is 1. The number of fused-ring (bicyclic) bond motifs is 3. The van der Waals surface area contributed by atoms with Crippen molar-refractivity contribution in [3.05, 3.63) is 71.6 Å². The van der Waals surface area contributed by atoms with Crippen molar-refractivity contribution in [2.45, 2.75) is 16.8 Å². The van der Waals surface area contributed by atoms with Gasteiger partial charge in [-0.15, -0.1) is 16.4 Å². The lowest BCUT2D eigenvalue weighted by atomic mass is 10.2. The van der Waals surface area contributed by atoms with Crippen LogP contribution in [0.3, 0.4) is 0 Å². The third-order valence-electron chi connectivity index (χ3n) is 4.54. The van der Waals surface area contributed by atoms with Crippen molar-refractivity contribution in [1.82, 2.24) is 19.8 Å². The van der Waals surface area contributed by atoms with E-state index >= 15 is 0 Å². The van der Waals surface area contributed by atoms with Gasteiger partial charge in [0.15, 0.2) is 11.5 Å². The minimum absolute atomic E-state index is 0.155. The molecule has 0 aliphatic heterocycles. The Kier molecular flexibility index (Phi) is 4.07. The minimum Gasteiger partial charge on any atom is -0.339 e. The number of aromatic nitrogens is 4. The van der Waals surface area contributed by atoms with Gasteiger partial charge in [0.1, 0.15) is 0 Å². The molecule has 5 rings (SSSR count). The summed E-state index contributed by atoms with van der Waals surface area (Å²) in [7, 11) is -3.85. The highest BCUT2D eigenvalue weighted by molar-refractivity contribution is 7.91. The molecule has 3 heterocycles. The van der Waals surface area contributed by atoms with Crippen molar-refractivity contribution in [1.29, 1.82) is 0 Å². The molecule has 0 unspecified atom stereocenters. The molecule has 5 aromatic rings. The Morgan fingerprint density at radius 2 is 1.76 bits per heavy atom. The van der Waals surface area contributed by atoms with Crippen LogP contribution >= 0.6 is 11.3 Å². The average Bonchev–Trinajstić information content (AvgIpc) is 3.37. The van der Waals surface area contributed by atoms with Crippen LogP contribution in [-0.4, -0.2) is 28.2 Å². The Balaban J connectivity index is 1.72. The number of anilines is 2. The summed E-state index contributed by atoms with van der Waals surface area (Å²) in [5.41, 5.74) is 2.95. The van der Waals surface area contributed by atoms with Crippen molar-refractivity contribution in [2.24, 2.45) is 0 Å². The van der Waals surface area contributed by atoms with E-state index in [0.717, 1.165) is 21.5 Å². The summed E-state index contributed by atoms with van der Waals surface area (Å²) < 4.78 is 28.6. The molecule has 0 aliphatic carbocycles. The quantitative estimate of drug-likeness (QED) is 0.467. The van der Waals surface area contributed by atoms with E-state index < -0.39 is 9.84 Å². The molecule has 1 N–H and O–H groups in total. The van der Waals surface area contributed by atoms with Gasteiger partial charge < -0.3 is 5.32 Å². The number of aryl methyl sites for hydroxylation is 1. The van der Waals surface area contributed by atoms with E-state index in [-0.39, 0.29) is 15.6 Å². The van der Waals surface area contributed by atoms with Gasteiger partial charge >= 0.3 is 0 Å². The van der Waals surface area contributed by atoms with Crippen molar-refractivity contribution in [3.8, 4) is 0 Å². The molecular formula is C20H15N5O2S2.